The Morgan fingerprint density at radius 2 is 2.00 bits per heavy atom. The van der Waals surface area contributed by atoms with Crippen molar-refractivity contribution in [3.05, 3.63) is 35.1 Å². The zero-order valence-corrected chi connectivity index (χ0v) is 13.2. The summed E-state index contributed by atoms with van der Waals surface area (Å²) in [4.78, 5) is 22.8. The normalized spacial score (nSPS) is 10.4. The number of halogens is 1. The van der Waals surface area contributed by atoms with E-state index in [1.54, 1.807) is 20.8 Å². The summed E-state index contributed by atoms with van der Waals surface area (Å²) in [5, 5.41) is 2.57. The summed E-state index contributed by atoms with van der Waals surface area (Å²) in [6.07, 6.45) is -0.142. The lowest BCUT2D eigenvalue weighted by Gasteiger charge is -2.19. The number of carbonyl (C=O) groups is 2. The second kappa shape index (κ2) is 7.60. The van der Waals surface area contributed by atoms with Crippen molar-refractivity contribution < 1.29 is 18.7 Å². The third-order valence-corrected chi connectivity index (χ3v) is 2.50. The molecule has 5 heteroatoms. The Labute approximate surface area is 130 Å². The number of Topliss-reactive ketones (excluding diaryl/α,β-unsaturated/α-hetero) is 1. The molecule has 0 atom stereocenters. The van der Waals surface area contributed by atoms with Crippen LogP contribution in [0.4, 0.5) is 9.18 Å². The number of carbonyl (C=O) groups excluding carboxylic acids is 2. The molecule has 0 bridgehead atoms. The van der Waals surface area contributed by atoms with Gasteiger partial charge in [0.1, 0.15) is 11.4 Å². The first-order valence-electron chi connectivity index (χ1n) is 6.95. The van der Waals surface area contributed by atoms with E-state index in [0.717, 1.165) is 0 Å². The number of hydrogen-bond donors (Lipinski definition) is 1. The molecule has 0 unspecified atom stereocenters. The molecule has 118 valence electrons. The van der Waals surface area contributed by atoms with Gasteiger partial charge in [-0.05, 0) is 45.9 Å². The first-order chi connectivity index (χ1) is 10.2. The molecular formula is C17H20FNO3. The maximum atomic E-state index is 13.2. The Morgan fingerprint density at radius 1 is 1.32 bits per heavy atom. The van der Waals surface area contributed by atoms with E-state index in [9.17, 15) is 14.0 Å². The lowest BCUT2D eigenvalue weighted by molar-refractivity contribution is 0.0529. The van der Waals surface area contributed by atoms with E-state index in [1.807, 2.05) is 0 Å². The molecule has 0 fully saturated rings. The zero-order chi connectivity index (χ0) is 16.8. The molecule has 4 nitrogen and oxygen atoms in total. The molecule has 0 spiro atoms. The summed E-state index contributed by atoms with van der Waals surface area (Å²) in [6.45, 7) is 7.05. The highest BCUT2D eigenvalue weighted by Crippen LogP contribution is 2.11. The van der Waals surface area contributed by atoms with E-state index in [-0.39, 0.29) is 5.78 Å². The van der Waals surface area contributed by atoms with Crippen LogP contribution in [0.2, 0.25) is 0 Å². The number of ether oxygens (including phenoxy) is 1. The van der Waals surface area contributed by atoms with E-state index >= 15 is 0 Å². The van der Waals surface area contributed by atoms with Crippen LogP contribution < -0.4 is 5.32 Å². The fourth-order valence-corrected chi connectivity index (χ4v) is 1.63. The van der Waals surface area contributed by atoms with Crippen LogP contribution in [-0.2, 0) is 4.74 Å². The van der Waals surface area contributed by atoms with Gasteiger partial charge >= 0.3 is 6.09 Å². The van der Waals surface area contributed by atoms with Gasteiger partial charge in [0, 0.05) is 24.1 Å². The highest BCUT2D eigenvalue weighted by Gasteiger charge is 2.15. The van der Waals surface area contributed by atoms with Crippen molar-refractivity contribution in [2.45, 2.75) is 39.7 Å². The minimum atomic E-state index is -0.548. The smallest absolute Gasteiger partial charge is 0.407 e. The molecule has 0 saturated heterocycles. The van der Waals surface area contributed by atoms with Gasteiger partial charge in [-0.15, -0.1) is 0 Å². The van der Waals surface area contributed by atoms with Crippen LogP contribution in [0.3, 0.4) is 0 Å². The SMILES string of the molecule is CC(=O)c1ccc(F)cc1C#CCCNC(=O)OC(C)(C)C. The predicted molar refractivity (Wildman–Crippen MR) is 82.1 cm³/mol. The molecule has 0 aliphatic heterocycles. The maximum Gasteiger partial charge on any atom is 0.407 e. The van der Waals surface area contributed by atoms with Gasteiger partial charge in [0.2, 0.25) is 0 Å². The van der Waals surface area contributed by atoms with E-state index in [1.165, 1.54) is 25.1 Å². The Kier molecular flexibility index (Phi) is 6.11. The molecule has 0 radical (unpaired) electrons. The Balaban J connectivity index is 2.57. The summed E-state index contributed by atoms with van der Waals surface area (Å²) in [6, 6.07) is 3.87. The van der Waals surface area contributed by atoms with Crippen molar-refractivity contribution in [3.8, 4) is 11.8 Å². The molecule has 22 heavy (non-hydrogen) atoms. The van der Waals surface area contributed by atoms with Crippen LogP contribution in [-0.4, -0.2) is 24.0 Å². The lowest BCUT2D eigenvalue weighted by Crippen LogP contribution is -2.32. The second-order valence-corrected chi connectivity index (χ2v) is 5.73. The van der Waals surface area contributed by atoms with Crippen molar-refractivity contribution in [3.63, 3.8) is 0 Å². The average Bonchev–Trinajstić information content (AvgIpc) is 2.35. The Bertz CT molecular complexity index is 621. The monoisotopic (exact) mass is 305 g/mol. The van der Waals surface area contributed by atoms with E-state index in [4.69, 9.17) is 4.74 Å². The highest BCUT2D eigenvalue weighted by molar-refractivity contribution is 5.96. The number of benzene rings is 1. The van der Waals surface area contributed by atoms with E-state index < -0.39 is 17.5 Å². The van der Waals surface area contributed by atoms with Gasteiger partial charge in [-0.25, -0.2) is 9.18 Å². The largest absolute Gasteiger partial charge is 0.444 e. The lowest BCUT2D eigenvalue weighted by atomic mass is 10.0. The molecule has 1 N–H and O–H groups in total. The van der Waals surface area contributed by atoms with Gasteiger partial charge in [-0.3, -0.25) is 4.79 Å². The number of rotatable bonds is 3. The second-order valence-electron chi connectivity index (χ2n) is 5.73. The molecular weight excluding hydrogens is 285 g/mol. The van der Waals surface area contributed by atoms with Crippen molar-refractivity contribution in [1.29, 1.82) is 0 Å². The van der Waals surface area contributed by atoms with Crippen LogP contribution in [0.1, 0.15) is 50.0 Å². The van der Waals surface area contributed by atoms with Gasteiger partial charge in [0.25, 0.3) is 0 Å². The summed E-state index contributed by atoms with van der Waals surface area (Å²) in [5.41, 5.74) is 0.187. The molecule has 0 aliphatic rings. The molecule has 1 amide bonds. The quantitative estimate of drug-likeness (QED) is 0.529. The van der Waals surface area contributed by atoms with Crippen LogP contribution in [0.5, 0.6) is 0 Å². The van der Waals surface area contributed by atoms with Crippen molar-refractivity contribution >= 4 is 11.9 Å². The molecule has 0 aromatic heterocycles. The molecule has 0 saturated carbocycles. The third-order valence-electron chi connectivity index (χ3n) is 2.50. The van der Waals surface area contributed by atoms with Crippen molar-refractivity contribution in [1.82, 2.24) is 5.32 Å². The number of nitrogens with one attached hydrogen (secondary N) is 1. The van der Waals surface area contributed by atoms with Gasteiger partial charge in [0.05, 0.1) is 0 Å². The summed E-state index contributed by atoms with van der Waals surface area (Å²) >= 11 is 0. The Morgan fingerprint density at radius 3 is 2.59 bits per heavy atom. The van der Waals surface area contributed by atoms with E-state index in [2.05, 4.69) is 17.2 Å². The van der Waals surface area contributed by atoms with Crippen LogP contribution in [0.25, 0.3) is 0 Å². The van der Waals surface area contributed by atoms with Crippen molar-refractivity contribution in [2.24, 2.45) is 0 Å². The molecule has 1 rings (SSSR count). The topological polar surface area (TPSA) is 55.4 Å². The number of ketones is 1. The maximum absolute atomic E-state index is 13.2. The van der Waals surface area contributed by atoms with Gasteiger partial charge in [-0.1, -0.05) is 11.8 Å². The molecule has 1 aromatic carbocycles. The Hall–Kier alpha value is -2.35. The van der Waals surface area contributed by atoms with Crippen molar-refractivity contribution in [2.75, 3.05) is 6.54 Å². The molecule has 1 aromatic rings. The average molecular weight is 305 g/mol. The minimum absolute atomic E-state index is 0.170. The first-order valence-corrected chi connectivity index (χ1v) is 6.95. The molecule has 0 aliphatic carbocycles. The summed E-state index contributed by atoms with van der Waals surface area (Å²) in [5.74, 6) is 4.94. The number of hydrogen-bond acceptors (Lipinski definition) is 3. The molecule has 0 heterocycles. The fraction of sp³-hybridized carbons (Fsp3) is 0.412. The third kappa shape index (κ3) is 6.40. The van der Waals surface area contributed by atoms with E-state index in [0.29, 0.717) is 24.1 Å². The van der Waals surface area contributed by atoms with Crippen LogP contribution >= 0.6 is 0 Å². The van der Waals surface area contributed by atoms with Gasteiger partial charge < -0.3 is 10.1 Å². The summed E-state index contributed by atoms with van der Waals surface area (Å²) in [7, 11) is 0. The first kappa shape index (κ1) is 17.7. The minimum Gasteiger partial charge on any atom is -0.444 e. The zero-order valence-electron chi connectivity index (χ0n) is 13.2. The fourth-order valence-electron chi connectivity index (χ4n) is 1.63. The summed E-state index contributed by atoms with van der Waals surface area (Å²) < 4.78 is 18.3. The van der Waals surface area contributed by atoms with Crippen LogP contribution in [0, 0.1) is 17.7 Å². The van der Waals surface area contributed by atoms with Crippen LogP contribution in [0.15, 0.2) is 18.2 Å². The predicted octanol–water partition coefficient (Wildman–Crippen LogP) is 3.29. The highest BCUT2D eigenvalue weighted by atomic mass is 19.1. The van der Waals surface area contributed by atoms with Gasteiger partial charge in [0.15, 0.2) is 5.78 Å². The van der Waals surface area contributed by atoms with Gasteiger partial charge in [-0.2, -0.15) is 0 Å². The number of amides is 1. The standard InChI is InChI=1S/C17H20FNO3/c1-12(20)15-9-8-14(18)11-13(15)7-5-6-10-19-16(21)22-17(2,3)4/h8-9,11H,6,10H2,1-4H3,(H,19,21). The number of alkyl carbamates (subject to hydrolysis) is 1.